The number of halogens is 3. The fraction of sp³-hybridized carbons (Fsp3) is 0.562. The lowest BCUT2D eigenvalue weighted by molar-refractivity contribution is -0.137. The summed E-state index contributed by atoms with van der Waals surface area (Å²) in [5, 5.41) is 16.1. The van der Waals surface area contributed by atoms with Gasteiger partial charge in [0.1, 0.15) is 18.5 Å². The number of thioether (sulfide) groups is 1. The summed E-state index contributed by atoms with van der Waals surface area (Å²) in [6, 6.07) is 4.34. The molecule has 1 atom stereocenters. The predicted octanol–water partition coefficient (Wildman–Crippen LogP) is 2.36. The fourth-order valence-electron chi connectivity index (χ4n) is 1.80. The van der Waals surface area contributed by atoms with E-state index in [1.54, 1.807) is 11.8 Å². The van der Waals surface area contributed by atoms with Crippen LogP contribution in [0.1, 0.15) is 12.5 Å². The summed E-state index contributed by atoms with van der Waals surface area (Å²) in [6.45, 7) is 3.46. The molecule has 0 aliphatic heterocycles. The van der Waals surface area contributed by atoms with Gasteiger partial charge in [-0.3, -0.25) is 4.99 Å². The average Bonchev–Trinajstić information content (AvgIpc) is 2.57. The lowest BCUT2D eigenvalue weighted by Gasteiger charge is -2.14. The molecule has 1 aromatic carbocycles. The standard InChI is InChI=1S/C16H24F3N3O2S/c1-3-20-15(21-8-9-25-2)22-10-13(23)11-24-14-6-4-12(5-7-14)16(17,18)19/h4-7,13,23H,3,8-11H2,1-2H3,(H2,20,21,22). The molecule has 0 bridgehead atoms. The van der Waals surface area contributed by atoms with Crippen LogP contribution in [-0.2, 0) is 6.18 Å². The first-order chi connectivity index (χ1) is 11.9. The largest absolute Gasteiger partial charge is 0.491 e. The number of nitrogens with one attached hydrogen (secondary N) is 2. The Hall–Kier alpha value is -1.61. The van der Waals surface area contributed by atoms with Crippen molar-refractivity contribution in [3.05, 3.63) is 29.8 Å². The summed E-state index contributed by atoms with van der Waals surface area (Å²) in [5.41, 5.74) is -0.739. The summed E-state index contributed by atoms with van der Waals surface area (Å²) >= 11 is 1.71. The topological polar surface area (TPSA) is 65.9 Å². The van der Waals surface area contributed by atoms with E-state index in [9.17, 15) is 18.3 Å². The number of hydrogen-bond donors (Lipinski definition) is 3. The van der Waals surface area contributed by atoms with Crippen molar-refractivity contribution in [3.8, 4) is 5.75 Å². The molecular formula is C16H24F3N3O2S. The van der Waals surface area contributed by atoms with E-state index in [0.29, 0.717) is 12.5 Å². The summed E-state index contributed by atoms with van der Waals surface area (Å²) in [7, 11) is 0. The van der Waals surface area contributed by atoms with Crippen LogP contribution in [-0.4, -0.2) is 55.4 Å². The van der Waals surface area contributed by atoms with Crippen LogP contribution in [0.2, 0.25) is 0 Å². The SMILES string of the molecule is CCNC(=NCC(O)COc1ccc(C(F)(F)F)cc1)NCCSC. The molecule has 0 fully saturated rings. The number of hydrogen-bond acceptors (Lipinski definition) is 4. The Bertz CT molecular complexity index is 524. The minimum absolute atomic E-state index is 0.0565. The lowest BCUT2D eigenvalue weighted by atomic mass is 10.2. The summed E-state index contributed by atoms with van der Waals surface area (Å²) in [4.78, 5) is 4.25. The Kier molecular flexibility index (Phi) is 9.51. The highest BCUT2D eigenvalue weighted by Crippen LogP contribution is 2.30. The minimum atomic E-state index is -4.38. The van der Waals surface area contributed by atoms with Crippen LogP contribution in [0.25, 0.3) is 0 Å². The van der Waals surface area contributed by atoms with Gasteiger partial charge in [0.05, 0.1) is 12.1 Å². The van der Waals surface area contributed by atoms with Gasteiger partial charge in [-0.05, 0) is 37.4 Å². The van der Waals surface area contributed by atoms with Gasteiger partial charge >= 0.3 is 6.18 Å². The molecule has 1 rings (SSSR count). The number of benzene rings is 1. The van der Waals surface area contributed by atoms with E-state index < -0.39 is 17.8 Å². The molecule has 0 aliphatic rings. The molecule has 0 saturated carbocycles. The highest BCUT2D eigenvalue weighted by Gasteiger charge is 2.30. The van der Waals surface area contributed by atoms with Crippen LogP contribution in [0, 0.1) is 0 Å². The number of rotatable bonds is 9. The fourth-order valence-corrected chi connectivity index (χ4v) is 2.10. The third kappa shape index (κ3) is 8.87. The third-order valence-corrected chi connectivity index (χ3v) is 3.64. The molecule has 9 heteroatoms. The smallest absolute Gasteiger partial charge is 0.416 e. The van der Waals surface area contributed by atoms with Gasteiger partial charge < -0.3 is 20.5 Å². The van der Waals surface area contributed by atoms with E-state index in [4.69, 9.17) is 4.74 Å². The van der Waals surface area contributed by atoms with Gasteiger partial charge in [0, 0.05) is 18.8 Å². The lowest BCUT2D eigenvalue weighted by Crippen LogP contribution is -2.39. The van der Waals surface area contributed by atoms with Crippen LogP contribution < -0.4 is 15.4 Å². The molecule has 0 amide bonds. The molecule has 0 radical (unpaired) electrons. The molecule has 0 heterocycles. The first-order valence-electron chi connectivity index (χ1n) is 7.86. The minimum Gasteiger partial charge on any atom is -0.491 e. The van der Waals surface area contributed by atoms with Gasteiger partial charge in [-0.25, -0.2) is 0 Å². The summed E-state index contributed by atoms with van der Waals surface area (Å²) in [5.74, 6) is 1.80. The van der Waals surface area contributed by atoms with Crippen LogP contribution >= 0.6 is 11.8 Å². The number of nitrogens with zero attached hydrogens (tertiary/aromatic N) is 1. The number of ether oxygens (including phenoxy) is 1. The van der Waals surface area contributed by atoms with E-state index in [-0.39, 0.29) is 18.9 Å². The van der Waals surface area contributed by atoms with E-state index in [2.05, 4.69) is 15.6 Å². The van der Waals surface area contributed by atoms with Crippen molar-refractivity contribution in [3.63, 3.8) is 0 Å². The monoisotopic (exact) mass is 379 g/mol. The Labute approximate surface area is 150 Å². The Morgan fingerprint density at radius 2 is 1.96 bits per heavy atom. The molecule has 5 nitrogen and oxygen atoms in total. The maximum Gasteiger partial charge on any atom is 0.416 e. The van der Waals surface area contributed by atoms with Crippen LogP contribution in [0.5, 0.6) is 5.75 Å². The highest BCUT2D eigenvalue weighted by atomic mass is 32.2. The van der Waals surface area contributed by atoms with Crippen molar-refractivity contribution in [2.24, 2.45) is 4.99 Å². The molecule has 3 N–H and O–H groups in total. The zero-order valence-corrected chi connectivity index (χ0v) is 15.1. The molecule has 0 spiro atoms. The van der Waals surface area contributed by atoms with Crippen LogP contribution in [0.3, 0.4) is 0 Å². The van der Waals surface area contributed by atoms with E-state index in [1.807, 2.05) is 13.2 Å². The van der Waals surface area contributed by atoms with Crippen molar-refractivity contribution in [1.82, 2.24) is 10.6 Å². The van der Waals surface area contributed by atoms with Crippen molar-refractivity contribution in [2.75, 3.05) is 38.2 Å². The maximum atomic E-state index is 12.5. The Balaban J connectivity index is 2.44. The number of aliphatic hydroxyl groups excluding tert-OH is 1. The second-order valence-electron chi connectivity index (χ2n) is 5.13. The molecule has 0 aromatic heterocycles. The number of alkyl halides is 3. The van der Waals surface area contributed by atoms with E-state index in [0.717, 1.165) is 24.4 Å². The second kappa shape index (κ2) is 11.1. The highest BCUT2D eigenvalue weighted by molar-refractivity contribution is 7.98. The average molecular weight is 379 g/mol. The molecule has 0 saturated heterocycles. The van der Waals surface area contributed by atoms with Gasteiger partial charge in [-0.15, -0.1) is 0 Å². The second-order valence-corrected chi connectivity index (χ2v) is 6.11. The van der Waals surface area contributed by atoms with Crippen molar-refractivity contribution >= 4 is 17.7 Å². The quantitative estimate of drug-likeness (QED) is 0.349. The molecule has 1 unspecified atom stereocenters. The first-order valence-corrected chi connectivity index (χ1v) is 9.25. The number of guanidine groups is 1. The number of aliphatic imine (C=N–C) groups is 1. The van der Waals surface area contributed by atoms with E-state index >= 15 is 0 Å². The van der Waals surface area contributed by atoms with Gasteiger partial charge in [0.25, 0.3) is 0 Å². The van der Waals surface area contributed by atoms with Gasteiger partial charge in [-0.1, -0.05) is 0 Å². The van der Waals surface area contributed by atoms with Crippen molar-refractivity contribution in [1.29, 1.82) is 0 Å². The van der Waals surface area contributed by atoms with Crippen molar-refractivity contribution in [2.45, 2.75) is 19.2 Å². The molecule has 0 aliphatic carbocycles. The molecular weight excluding hydrogens is 355 g/mol. The third-order valence-electron chi connectivity index (χ3n) is 3.03. The summed E-state index contributed by atoms with van der Waals surface area (Å²) in [6.07, 6.45) is -3.23. The van der Waals surface area contributed by atoms with Crippen LogP contribution in [0.15, 0.2) is 29.3 Å². The van der Waals surface area contributed by atoms with Gasteiger partial charge in [0.15, 0.2) is 5.96 Å². The summed E-state index contributed by atoms with van der Waals surface area (Å²) < 4.78 is 42.7. The molecule has 25 heavy (non-hydrogen) atoms. The van der Waals surface area contributed by atoms with Crippen molar-refractivity contribution < 1.29 is 23.0 Å². The predicted molar refractivity (Wildman–Crippen MR) is 95.3 cm³/mol. The van der Waals surface area contributed by atoms with Gasteiger partial charge in [0.2, 0.25) is 0 Å². The van der Waals surface area contributed by atoms with Crippen LogP contribution in [0.4, 0.5) is 13.2 Å². The zero-order valence-electron chi connectivity index (χ0n) is 14.3. The van der Waals surface area contributed by atoms with E-state index in [1.165, 1.54) is 12.1 Å². The molecule has 1 aromatic rings. The van der Waals surface area contributed by atoms with Gasteiger partial charge in [-0.2, -0.15) is 24.9 Å². The first kappa shape index (κ1) is 21.4. The zero-order chi connectivity index (χ0) is 18.7. The maximum absolute atomic E-state index is 12.5. The normalized spacial score (nSPS) is 13.4. The Morgan fingerprint density at radius 1 is 1.28 bits per heavy atom. The molecule has 142 valence electrons. The Morgan fingerprint density at radius 3 is 2.52 bits per heavy atom. The number of aliphatic hydroxyl groups is 1.